The Labute approximate surface area is 190 Å². The molecule has 2 aromatic rings. The third kappa shape index (κ3) is 6.08. The van der Waals surface area contributed by atoms with Crippen LogP contribution in [0.4, 0.5) is 0 Å². The van der Waals surface area contributed by atoms with Gasteiger partial charge in [-0.2, -0.15) is 0 Å². The highest BCUT2D eigenvalue weighted by molar-refractivity contribution is 6.33. The Hall–Kier alpha value is -2.37. The third-order valence-electron chi connectivity index (χ3n) is 6.36. The van der Waals surface area contributed by atoms with Crippen molar-refractivity contribution >= 4 is 23.4 Å². The lowest BCUT2D eigenvalue weighted by Crippen LogP contribution is -2.54. The van der Waals surface area contributed by atoms with Crippen molar-refractivity contribution < 1.29 is 9.59 Å². The van der Waals surface area contributed by atoms with E-state index in [0.717, 1.165) is 18.4 Å². The zero-order valence-electron chi connectivity index (χ0n) is 18.4. The highest BCUT2D eigenvalue weighted by atomic mass is 35.5. The molecule has 0 aliphatic heterocycles. The number of nitrogens with one attached hydrogen (secondary N) is 2. The summed E-state index contributed by atoms with van der Waals surface area (Å²) in [5.74, 6) is -0.357. The molecule has 1 aliphatic rings. The van der Waals surface area contributed by atoms with Crippen molar-refractivity contribution in [2.45, 2.75) is 50.1 Å². The van der Waals surface area contributed by atoms with Gasteiger partial charge in [-0.25, -0.2) is 0 Å². The van der Waals surface area contributed by atoms with Gasteiger partial charge in [0, 0.05) is 12.1 Å². The van der Waals surface area contributed by atoms with Gasteiger partial charge in [0.15, 0.2) is 0 Å². The van der Waals surface area contributed by atoms with Crippen LogP contribution in [0.5, 0.6) is 0 Å². The van der Waals surface area contributed by atoms with Crippen molar-refractivity contribution in [3.05, 3.63) is 70.7 Å². The van der Waals surface area contributed by atoms with E-state index >= 15 is 0 Å². The van der Waals surface area contributed by atoms with Crippen LogP contribution in [0.25, 0.3) is 0 Å². The molecule has 1 atom stereocenters. The van der Waals surface area contributed by atoms with E-state index in [1.807, 2.05) is 30.3 Å². The quantitative estimate of drug-likeness (QED) is 0.630. The predicted molar refractivity (Wildman–Crippen MR) is 125 cm³/mol. The molecule has 3 rings (SSSR count). The van der Waals surface area contributed by atoms with Crippen LogP contribution in [0.2, 0.25) is 5.02 Å². The number of amides is 2. The number of likely N-dealkylation sites (N-methyl/N-ethyl adjacent to an activating group) is 1. The van der Waals surface area contributed by atoms with Crippen LogP contribution in [0.1, 0.15) is 60.5 Å². The molecular formula is C25H32ClN3O2. The number of carbonyl (C=O) groups is 2. The van der Waals surface area contributed by atoms with Gasteiger partial charge >= 0.3 is 0 Å². The second kappa shape index (κ2) is 10.8. The first-order valence-corrected chi connectivity index (χ1v) is 11.3. The van der Waals surface area contributed by atoms with Crippen molar-refractivity contribution in [2.75, 3.05) is 20.6 Å². The molecule has 1 aliphatic carbocycles. The Morgan fingerprint density at radius 2 is 1.65 bits per heavy atom. The van der Waals surface area contributed by atoms with Crippen LogP contribution in [-0.2, 0) is 4.79 Å². The summed E-state index contributed by atoms with van der Waals surface area (Å²) in [6, 6.07) is 16.1. The maximum Gasteiger partial charge on any atom is 0.253 e. The van der Waals surface area contributed by atoms with Crippen LogP contribution < -0.4 is 10.6 Å². The van der Waals surface area contributed by atoms with E-state index in [1.165, 1.54) is 19.3 Å². The molecule has 0 saturated heterocycles. The fraction of sp³-hybridized carbons (Fsp3) is 0.440. The smallest absolute Gasteiger partial charge is 0.253 e. The van der Waals surface area contributed by atoms with E-state index in [0.29, 0.717) is 17.1 Å². The van der Waals surface area contributed by atoms with Crippen molar-refractivity contribution in [3.63, 3.8) is 0 Å². The fourth-order valence-corrected chi connectivity index (χ4v) is 4.55. The molecule has 31 heavy (non-hydrogen) atoms. The molecule has 0 radical (unpaired) electrons. The van der Waals surface area contributed by atoms with Gasteiger partial charge in [0.25, 0.3) is 5.91 Å². The minimum absolute atomic E-state index is 0.0109. The molecule has 2 N–H and O–H groups in total. The maximum absolute atomic E-state index is 12.9. The van der Waals surface area contributed by atoms with E-state index in [1.54, 1.807) is 24.3 Å². The molecule has 1 saturated carbocycles. The summed E-state index contributed by atoms with van der Waals surface area (Å²) in [6.07, 6.45) is 5.98. The molecule has 2 aromatic carbocycles. The second-order valence-electron chi connectivity index (χ2n) is 8.58. The van der Waals surface area contributed by atoms with Gasteiger partial charge in [0.1, 0.15) is 0 Å². The van der Waals surface area contributed by atoms with Gasteiger partial charge in [0.2, 0.25) is 5.91 Å². The van der Waals surface area contributed by atoms with Gasteiger partial charge in [-0.1, -0.05) is 73.3 Å². The Kier molecular flexibility index (Phi) is 8.10. The SMILES string of the molecule is CN(C)C1(CNC(=O)C[C@H](NC(=O)c2ccccc2Cl)c2ccccc2)CCCCC1. The minimum Gasteiger partial charge on any atom is -0.354 e. The van der Waals surface area contributed by atoms with E-state index in [2.05, 4.69) is 29.6 Å². The summed E-state index contributed by atoms with van der Waals surface area (Å²) in [7, 11) is 4.18. The zero-order valence-corrected chi connectivity index (χ0v) is 19.1. The van der Waals surface area contributed by atoms with Crippen LogP contribution >= 0.6 is 11.6 Å². The van der Waals surface area contributed by atoms with E-state index in [4.69, 9.17) is 11.6 Å². The van der Waals surface area contributed by atoms with Crippen LogP contribution in [0, 0.1) is 0 Å². The summed E-state index contributed by atoms with van der Waals surface area (Å²) in [5.41, 5.74) is 1.30. The van der Waals surface area contributed by atoms with Crippen LogP contribution in [-0.4, -0.2) is 42.9 Å². The molecule has 166 valence electrons. The Morgan fingerprint density at radius 3 is 2.29 bits per heavy atom. The van der Waals surface area contributed by atoms with Gasteiger partial charge < -0.3 is 15.5 Å². The van der Waals surface area contributed by atoms with Gasteiger partial charge in [-0.3, -0.25) is 9.59 Å². The molecule has 0 aromatic heterocycles. The Bertz CT molecular complexity index is 879. The maximum atomic E-state index is 12.9. The number of hydrogen-bond acceptors (Lipinski definition) is 3. The molecule has 0 heterocycles. The average Bonchev–Trinajstić information content (AvgIpc) is 2.78. The normalized spacial score (nSPS) is 16.5. The molecular weight excluding hydrogens is 410 g/mol. The first-order chi connectivity index (χ1) is 14.9. The Morgan fingerprint density at radius 1 is 1.00 bits per heavy atom. The van der Waals surface area contributed by atoms with Crippen molar-refractivity contribution in [1.82, 2.24) is 15.5 Å². The van der Waals surface area contributed by atoms with Crippen LogP contribution in [0.3, 0.4) is 0 Å². The molecule has 0 spiro atoms. The van der Waals surface area contributed by atoms with E-state index < -0.39 is 6.04 Å². The minimum atomic E-state index is -0.438. The van der Waals surface area contributed by atoms with Gasteiger partial charge in [-0.15, -0.1) is 0 Å². The molecule has 0 bridgehead atoms. The van der Waals surface area contributed by atoms with Crippen molar-refractivity contribution in [2.24, 2.45) is 0 Å². The van der Waals surface area contributed by atoms with Crippen LogP contribution in [0.15, 0.2) is 54.6 Å². The van der Waals surface area contributed by atoms with Crippen molar-refractivity contribution in [1.29, 1.82) is 0 Å². The number of rotatable bonds is 8. The van der Waals surface area contributed by atoms with E-state index in [9.17, 15) is 9.59 Å². The van der Waals surface area contributed by atoms with E-state index in [-0.39, 0.29) is 23.8 Å². The first kappa shape index (κ1) is 23.3. The fourth-order valence-electron chi connectivity index (χ4n) is 4.33. The lowest BCUT2D eigenvalue weighted by Gasteiger charge is -2.43. The highest BCUT2D eigenvalue weighted by Crippen LogP contribution is 2.31. The standard InChI is InChI=1S/C25H32ClN3O2/c1-29(2)25(15-9-4-10-16-25)18-27-23(30)17-22(19-11-5-3-6-12-19)28-24(31)20-13-7-8-14-21(20)26/h3,5-8,11-14,22H,4,9-10,15-18H2,1-2H3,(H,27,30)(H,28,31)/t22-/m0/s1. The number of halogens is 1. The topological polar surface area (TPSA) is 61.4 Å². The number of benzene rings is 2. The Balaban J connectivity index is 1.69. The predicted octanol–water partition coefficient (Wildman–Crippen LogP) is 4.58. The summed E-state index contributed by atoms with van der Waals surface area (Å²) < 4.78 is 0. The number of hydrogen-bond donors (Lipinski definition) is 2. The summed E-state index contributed by atoms with van der Waals surface area (Å²) in [4.78, 5) is 28.0. The van der Waals surface area contributed by atoms with Crippen molar-refractivity contribution in [3.8, 4) is 0 Å². The zero-order chi connectivity index (χ0) is 22.3. The monoisotopic (exact) mass is 441 g/mol. The first-order valence-electron chi connectivity index (χ1n) is 11.0. The summed E-state index contributed by atoms with van der Waals surface area (Å²) >= 11 is 6.19. The molecule has 2 amide bonds. The molecule has 5 nitrogen and oxygen atoms in total. The molecule has 1 fully saturated rings. The molecule has 6 heteroatoms. The second-order valence-corrected chi connectivity index (χ2v) is 8.98. The number of nitrogens with zero attached hydrogens (tertiary/aromatic N) is 1. The summed E-state index contributed by atoms with van der Waals surface area (Å²) in [5, 5.41) is 6.53. The largest absolute Gasteiger partial charge is 0.354 e. The average molecular weight is 442 g/mol. The summed E-state index contributed by atoms with van der Waals surface area (Å²) in [6.45, 7) is 0.624. The van der Waals surface area contributed by atoms with Gasteiger partial charge in [-0.05, 0) is 44.6 Å². The molecule has 0 unspecified atom stereocenters. The highest BCUT2D eigenvalue weighted by Gasteiger charge is 2.34. The lowest BCUT2D eigenvalue weighted by molar-refractivity contribution is -0.122. The number of carbonyl (C=O) groups excluding carboxylic acids is 2. The third-order valence-corrected chi connectivity index (χ3v) is 6.69. The van der Waals surface area contributed by atoms with Gasteiger partial charge in [0.05, 0.1) is 23.0 Å². The lowest BCUT2D eigenvalue weighted by atomic mass is 9.80.